The highest BCUT2D eigenvalue weighted by Crippen LogP contribution is 2.05. The largest absolute Gasteiger partial charge is 0.178 e. The van der Waals surface area contributed by atoms with E-state index in [1.807, 2.05) is 17.1 Å². The third kappa shape index (κ3) is 1.97. The Labute approximate surface area is 64.2 Å². The summed E-state index contributed by atoms with van der Waals surface area (Å²) in [5.41, 5.74) is 5.81. The number of rotatable bonds is 4. The van der Waals surface area contributed by atoms with Crippen molar-refractivity contribution in [2.75, 3.05) is 0 Å². The molecule has 0 aromatic rings. The van der Waals surface area contributed by atoms with Crippen molar-refractivity contribution >= 4 is 27.0 Å². The third-order valence-electron chi connectivity index (χ3n) is 1.37. The van der Waals surface area contributed by atoms with Crippen LogP contribution in [0.25, 0.3) is 0 Å². The Kier molecular flexibility index (Phi) is 3.85. The van der Waals surface area contributed by atoms with Crippen molar-refractivity contribution in [1.82, 2.24) is 0 Å². The average molecular weight is 175 g/mol. The Hall–Kier alpha value is -0.0562. The van der Waals surface area contributed by atoms with Gasteiger partial charge >= 0.3 is 0 Å². The summed E-state index contributed by atoms with van der Waals surface area (Å²) < 4.78 is 0. The summed E-state index contributed by atoms with van der Waals surface area (Å²) in [4.78, 5) is 0. The quantitative estimate of drug-likeness (QED) is 0.447. The zero-order valence-electron chi connectivity index (χ0n) is 5.44. The lowest BCUT2D eigenvalue weighted by Gasteiger charge is -2.13. The topological polar surface area (TPSA) is 0 Å². The second-order valence-corrected chi connectivity index (χ2v) is 12.5. The van der Waals surface area contributed by atoms with E-state index in [1.165, 1.54) is 0 Å². The Morgan fingerprint density at radius 3 is 1.44 bits per heavy atom. The molecule has 0 aromatic heterocycles. The molecule has 0 saturated heterocycles. The molecule has 0 unspecified atom stereocenters. The molecule has 0 amide bonds. The second-order valence-electron chi connectivity index (χ2n) is 1.86. The summed E-state index contributed by atoms with van der Waals surface area (Å²) in [6.45, 7) is 11.1. The van der Waals surface area contributed by atoms with Gasteiger partial charge in [0.2, 0.25) is 0 Å². The fourth-order valence-electron chi connectivity index (χ4n) is 0.414. The fraction of sp³-hybridized carbons (Fsp3) is 0. The molecule has 0 aliphatic heterocycles. The van der Waals surface area contributed by atoms with Crippen molar-refractivity contribution < 1.29 is 0 Å². The Bertz CT molecular complexity index is 109. The van der Waals surface area contributed by atoms with Crippen LogP contribution in [0.15, 0.2) is 36.8 Å². The van der Waals surface area contributed by atoms with E-state index in [4.69, 9.17) is 11.1 Å². The van der Waals surface area contributed by atoms with E-state index < -0.39 is 15.9 Å². The molecule has 0 radical (unpaired) electrons. The Morgan fingerprint density at radius 2 is 1.44 bits per heavy atom. The number of hydrogen-bond donors (Lipinski definition) is 0. The molecule has 0 saturated carbocycles. The van der Waals surface area contributed by atoms with E-state index in [2.05, 4.69) is 19.7 Å². The summed E-state index contributed by atoms with van der Waals surface area (Å²) in [6.07, 6.45) is 0. The van der Waals surface area contributed by atoms with E-state index in [-0.39, 0.29) is 0 Å². The van der Waals surface area contributed by atoms with Gasteiger partial charge in [-0.15, -0.1) is 19.7 Å². The standard InChI is InChI=1S/C6H11ClSi2/c1-4-9(5-2,6-3)8-7/h4-6H,1-3,8H2. The maximum atomic E-state index is 5.81. The van der Waals surface area contributed by atoms with Crippen LogP contribution in [0, 0.1) is 0 Å². The van der Waals surface area contributed by atoms with Crippen LogP contribution in [0.5, 0.6) is 0 Å². The average Bonchev–Trinajstić information content (AvgIpc) is 1.95. The van der Waals surface area contributed by atoms with Gasteiger partial charge in [-0.05, 0) is 0 Å². The van der Waals surface area contributed by atoms with Gasteiger partial charge in [-0.1, -0.05) is 17.1 Å². The van der Waals surface area contributed by atoms with Gasteiger partial charge in [-0.3, -0.25) is 0 Å². The lowest BCUT2D eigenvalue weighted by molar-refractivity contribution is 2.21. The van der Waals surface area contributed by atoms with Crippen molar-refractivity contribution in [3.63, 3.8) is 0 Å². The first-order chi connectivity index (χ1) is 4.24. The third-order valence-corrected chi connectivity index (χ3v) is 12.3. The zero-order chi connectivity index (χ0) is 7.33. The number of hydrogen-bond acceptors (Lipinski definition) is 0. The molecule has 3 heteroatoms. The first kappa shape index (κ1) is 8.94. The van der Waals surface area contributed by atoms with Crippen LogP contribution in [-0.2, 0) is 0 Å². The van der Waals surface area contributed by atoms with Crippen LogP contribution in [0.3, 0.4) is 0 Å². The SMILES string of the molecule is C=C[Si](C=C)(C=C)[SiH2]Cl. The van der Waals surface area contributed by atoms with Crippen LogP contribution >= 0.6 is 11.1 Å². The Morgan fingerprint density at radius 1 is 1.11 bits per heavy atom. The monoisotopic (exact) mass is 174 g/mol. The van der Waals surface area contributed by atoms with Gasteiger partial charge in [0.25, 0.3) is 0 Å². The molecule has 0 atom stereocenters. The van der Waals surface area contributed by atoms with Gasteiger partial charge < -0.3 is 0 Å². The summed E-state index contributed by atoms with van der Waals surface area (Å²) in [7, 11) is -2.02. The maximum Gasteiger partial charge on any atom is 0.131 e. The predicted molar refractivity (Wildman–Crippen MR) is 50.7 cm³/mol. The molecule has 0 aliphatic carbocycles. The normalized spacial score (nSPS) is 11.7. The molecule has 0 rings (SSSR count). The van der Waals surface area contributed by atoms with Crippen LogP contribution in [0.4, 0.5) is 0 Å². The van der Waals surface area contributed by atoms with E-state index in [0.29, 0.717) is 0 Å². The molecule has 0 N–H and O–H groups in total. The first-order valence-corrected chi connectivity index (χ1v) is 9.41. The molecular weight excluding hydrogens is 164 g/mol. The molecule has 50 valence electrons. The highest BCUT2D eigenvalue weighted by Gasteiger charge is 2.19. The molecule has 0 fully saturated rings. The van der Waals surface area contributed by atoms with E-state index in [1.54, 1.807) is 0 Å². The van der Waals surface area contributed by atoms with Crippen molar-refractivity contribution in [3.05, 3.63) is 36.8 Å². The maximum absolute atomic E-state index is 5.81. The second kappa shape index (κ2) is 3.87. The highest BCUT2D eigenvalue weighted by molar-refractivity contribution is 7.46. The van der Waals surface area contributed by atoms with E-state index in [9.17, 15) is 0 Å². The highest BCUT2D eigenvalue weighted by atomic mass is 35.6. The summed E-state index contributed by atoms with van der Waals surface area (Å²) in [6, 6.07) is 0. The molecule has 0 bridgehead atoms. The van der Waals surface area contributed by atoms with E-state index in [0.717, 1.165) is 0 Å². The van der Waals surface area contributed by atoms with Gasteiger partial charge in [0, 0.05) is 0 Å². The summed E-state index contributed by atoms with van der Waals surface area (Å²) in [5, 5.41) is 0. The summed E-state index contributed by atoms with van der Waals surface area (Å²) >= 11 is 5.81. The van der Waals surface area contributed by atoms with Crippen LogP contribution in [-0.4, -0.2) is 15.9 Å². The summed E-state index contributed by atoms with van der Waals surface area (Å²) in [5.74, 6) is 0. The van der Waals surface area contributed by atoms with Gasteiger partial charge in [-0.2, -0.15) is 11.1 Å². The van der Waals surface area contributed by atoms with Gasteiger partial charge in [-0.25, -0.2) is 0 Å². The number of halogens is 1. The first-order valence-electron chi connectivity index (χ1n) is 2.71. The van der Waals surface area contributed by atoms with Crippen molar-refractivity contribution in [2.45, 2.75) is 0 Å². The molecule has 0 aliphatic rings. The minimum atomic E-state index is -1.50. The Balaban J connectivity index is 4.34. The van der Waals surface area contributed by atoms with Crippen molar-refractivity contribution in [2.24, 2.45) is 0 Å². The molecule has 0 spiro atoms. The van der Waals surface area contributed by atoms with Crippen LogP contribution in [0.1, 0.15) is 0 Å². The predicted octanol–water partition coefficient (Wildman–Crippen LogP) is 1.43. The molecular formula is C6H11ClSi2. The molecule has 0 aromatic carbocycles. The minimum absolute atomic E-state index is 0.522. The minimum Gasteiger partial charge on any atom is -0.178 e. The lowest BCUT2D eigenvalue weighted by Crippen LogP contribution is -2.32. The van der Waals surface area contributed by atoms with Gasteiger partial charge in [0.1, 0.15) is 15.9 Å². The van der Waals surface area contributed by atoms with E-state index >= 15 is 0 Å². The smallest absolute Gasteiger partial charge is 0.131 e. The fourth-order valence-corrected chi connectivity index (χ4v) is 5.17. The van der Waals surface area contributed by atoms with Crippen molar-refractivity contribution in [1.29, 1.82) is 0 Å². The molecule has 0 nitrogen and oxygen atoms in total. The zero-order valence-corrected chi connectivity index (χ0v) is 8.61. The van der Waals surface area contributed by atoms with Crippen LogP contribution < -0.4 is 0 Å². The van der Waals surface area contributed by atoms with Crippen LogP contribution in [0.2, 0.25) is 0 Å². The lowest BCUT2D eigenvalue weighted by atomic mass is 11.2. The molecule has 0 heterocycles. The van der Waals surface area contributed by atoms with Gasteiger partial charge in [0.15, 0.2) is 0 Å². The molecule has 9 heavy (non-hydrogen) atoms. The van der Waals surface area contributed by atoms with Crippen molar-refractivity contribution in [3.8, 4) is 0 Å². The van der Waals surface area contributed by atoms with Gasteiger partial charge in [0.05, 0.1) is 0 Å².